The minimum atomic E-state index is -0.163. The summed E-state index contributed by atoms with van der Waals surface area (Å²) < 4.78 is 0. The third-order valence-corrected chi connectivity index (χ3v) is 5.87. The van der Waals surface area contributed by atoms with E-state index in [2.05, 4.69) is 79.6 Å². The Morgan fingerprint density at radius 3 is 2.11 bits per heavy atom. The van der Waals surface area contributed by atoms with Gasteiger partial charge in [-0.3, -0.25) is 4.79 Å². The number of amides is 1. The standard InChI is InChI=1S/C23H27N3OS/c1-15(2)19-9-5-17(6-10-19)13-21-22(27)25-23(28-21)26-24-14-18-7-11-20(12-8-18)16(3)4/h5-12,14-16,21H,13H2,1-4H3,(H,25,26,27)/b24-14+. The SMILES string of the molecule is CC(C)c1ccc(/C=N/N=C2NC(=O)C(Cc3ccc(C(C)C)cc3)S2)cc1. The minimum absolute atomic E-state index is 0.00632. The molecule has 1 atom stereocenters. The molecule has 0 bridgehead atoms. The fraction of sp³-hybridized carbons (Fsp3) is 0.348. The molecule has 1 N–H and O–H groups in total. The van der Waals surface area contributed by atoms with E-state index in [-0.39, 0.29) is 11.2 Å². The number of hydrogen-bond acceptors (Lipinski definition) is 4. The molecule has 0 aromatic heterocycles. The molecule has 3 rings (SSSR count). The zero-order valence-corrected chi connectivity index (χ0v) is 17.7. The van der Waals surface area contributed by atoms with E-state index >= 15 is 0 Å². The summed E-state index contributed by atoms with van der Waals surface area (Å²) in [6, 6.07) is 16.8. The van der Waals surface area contributed by atoms with E-state index in [0.717, 1.165) is 11.1 Å². The van der Waals surface area contributed by atoms with E-state index in [1.165, 1.54) is 22.9 Å². The molecule has 2 aromatic carbocycles. The van der Waals surface area contributed by atoms with Gasteiger partial charge in [-0.2, -0.15) is 5.10 Å². The number of benzene rings is 2. The van der Waals surface area contributed by atoms with Crippen LogP contribution in [-0.2, 0) is 11.2 Å². The van der Waals surface area contributed by atoms with Crippen LogP contribution in [0.5, 0.6) is 0 Å². The van der Waals surface area contributed by atoms with E-state index in [9.17, 15) is 4.79 Å². The van der Waals surface area contributed by atoms with E-state index in [0.29, 0.717) is 23.4 Å². The van der Waals surface area contributed by atoms with Crippen molar-refractivity contribution in [3.05, 3.63) is 70.8 Å². The van der Waals surface area contributed by atoms with Crippen molar-refractivity contribution in [3.63, 3.8) is 0 Å². The minimum Gasteiger partial charge on any atom is -0.303 e. The summed E-state index contributed by atoms with van der Waals surface area (Å²) in [4.78, 5) is 12.2. The van der Waals surface area contributed by atoms with Crippen LogP contribution >= 0.6 is 11.8 Å². The average Bonchev–Trinajstić information content (AvgIpc) is 3.02. The normalized spacial score (nSPS) is 18.6. The Morgan fingerprint density at radius 1 is 0.964 bits per heavy atom. The molecule has 2 aromatic rings. The molecule has 1 aliphatic rings. The molecule has 28 heavy (non-hydrogen) atoms. The second-order valence-corrected chi connectivity index (χ2v) is 8.86. The lowest BCUT2D eigenvalue weighted by atomic mass is 10.0. The topological polar surface area (TPSA) is 53.8 Å². The number of amidine groups is 1. The van der Waals surface area contributed by atoms with Gasteiger partial charge in [-0.05, 0) is 40.5 Å². The van der Waals surface area contributed by atoms with Crippen molar-refractivity contribution in [2.45, 2.75) is 51.2 Å². The van der Waals surface area contributed by atoms with Gasteiger partial charge in [0, 0.05) is 0 Å². The molecule has 1 heterocycles. The van der Waals surface area contributed by atoms with Gasteiger partial charge in [-0.25, -0.2) is 0 Å². The van der Waals surface area contributed by atoms with Gasteiger partial charge in [0.05, 0.1) is 11.5 Å². The van der Waals surface area contributed by atoms with Gasteiger partial charge >= 0.3 is 0 Å². The summed E-state index contributed by atoms with van der Waals surface area (Å²) >= 11 is 1.44. The van der Waals surface area contributed by atoms with E-state index < -0.39 is 0 Å². The Hall–Kier alpha value is -2.40. The fourth-order valence-corrected chi connectivity index (χ4v) is 3.92. The first-order valence-corrected chi connectivity index (χ1v) is 10.6. The number of hydrogen-bond donors (Lipinski definition) is 1. The Labute approximate surface area is 171 Å². The second kappa shape index (κ2) is 9.20. The highest BCUT2D eigenvalue weighted by molar-refractivity contribution is 8.15. The van der Waals surface area contributed by atoms with Crippen LogP contribution in [0, 0.1) is 0 Å². The lowest BCUT2D eigenvalue weighted by Gasteiger charge is -2.08. The third kappa shape index (κ3) is 5.32. The van der Waals surface area contributed by atoms with Crippen LogP contribution < -0.4 is 5.32 Å². The maximum atomic E-state index is 12.2. The second-order valence-electron chi connectivity index (χ2n) is 7.67. The van der Waals surface area contributed by atoms with Crippen LogP contribution in [0.4, 0.5) is 0 Å². The average molecular weight is 394 g/mol. The maximum absolute atomic E-state index is 12.2. The molecule has 1 saturated heterocycles. The van der Waals surface area contributed by atoms with Gasteiger partial charge in [0.15, 0.2) is 5.17 Å². The molecule has 1 unspecified atom stereocenters. The molecule has 0 radical (unpaired) electrons. The molecule has 5 heteroatoms. The number of nitrogens with zero attached hydrogens (tertiary/aromatic N) is 2. The van der Waals surface area contributed by atoms with Gasteiger partial charge < -0.3 is 5.32 Å². The third-order valence-electron chi connectivity index (χ3n) is 4.80. The first kappa shape index (κ1) is 20.3. The van der Waals surface area contributed by atoms with Crippen molar-refractivity contribution >= 4 is 29.1 Å². The van der Waals surface area contributed by atoms with Crippen LogP contribution in [0.3, 0.4) is 0 Å². The lowest BCUT2D eigenvalue weighted by Crippen LogP contribution is -2.25. The first-order chi connectivity index (χ1) is 13.4. The van der Waals surface area contributed by atoms with Crippen LogP contribution in [-0.4, -0.2) is 22.5 Å². The van der Waals surface area contributed by atoms with Crippen molar-refractivity contribution in [1.82, 2.24) is 5.32 Å². The van der Waals surface area contributed by atoms with Crippen molar-refractivity contribution in [2.75, 3.05) is 0 Å². The van der Waals surface area contributed by atoms with Crippen molar-refractivity contribution < 1.29 is 4.79 Å². The predicted octanol–water partition coefficient (Wildman–Crippen LogP) is 5.10. The summed E-state index contributed by atoms with van der Waals surface area (Å²) in [5.74, 6) is 1.01. The van der Waals surface area contributed by atoms with Gasteiger partial charge in [0.1, 0.15) is 0 Å². The highest BCUT2D eigenvalue weighted by atomic mass is 32.2. The highest BCUT2D eigenvalue weighted by Gasteiger charge is 2.30. The zero-order valence-electron chi connectivity index (χ0n) is 16.8. The molecule has 1 aliphatic heterocycles. The van der Waals surface area contributed by atoms with Crippen LogP contribution in [0.2, 0.25) is 0 Å². The van der Waals surface area contributed by atoms with Gasteiger partial charge in [0.2, 0.25) is 5.91 Å². The Morgan fingerprint density at radius 2 is 1.54 bits per heavy atom. The van der Waals surface area contributed by atoms with E-state index in [4.69, 9.17) is 0 Å². The van der Waals surface area contributed by atoms with Crippen molar-refractivity contribution in [1.29, 1.82) is 0 Å². The fourth-order valence-electron chi connectivity index (χ4n) is 2.95. The van der Waals surface area contributed by atoms with E-state index in [1.807, 2.05) is 12.1 Å². The number of carbonyl (C=O) groups excluding carboxylic acids is 1. The summed E-state index contributed by atoms with van der Waals surface area (Å²) in [6.07, 6.45) is 2.40. The largest absolute Gasteiger partial charge is 0.303 e. The summed E-state index contributed by atoms with van der Waals surface area (Å²) in [7, 11) is 0. The maximum Gasteiger partial charge on any atom is 0.239 e. The summed E-state index contributed by atoms with van der Waals surface area (Å²) in [6.45, 7) is 8.70. The molecule has 146 valence electrons. The monoisotopic (exact) mass is 393 g/mol. The van der Waals surface area contributed by atoms with Crippen LogP contribution in [0.15, 0.2) is 58.7 Å². The Bertz CT molecular complexity index is 868. The molecular formula is C23H27N3OS. The lowest BCUT2D eigenvalue weighted by molar-refractivity contribution is -0.118. The molecule has 0 spiro atoms. The summed E-state index contributed by atoms with van der Waals surface area (Å²) in [5.41, 5.74) is 4.76. The number of rotatable bonds is 6. The Balaban J connectivity index is 1.58. The van der Waals surface area contributed by atoms with Crippen molar-refractivity contribution in [3.8, 4) is 0 Å². The van der Waals surface area contributed by atoms with Crippen molar-refractivity contribution in [2.24, 2.45) is 10.2 Å². The van der Waals surface area contributed by atoms with E-state index in [1.54, 1.807) is 6.21 Å². The Kier molecular flexibility index (Phi) is 6.68. The van der Waals surface area contributed by atoms with Crippen LogP contribution in [0.25, 0.3) is 0 Å². The van der Waals surface area contributed by atoms with Gasteiger partial charge in [0.25, 0.3) is 0 Å². The molecular weight excluding hydrogens is 366 g/mol. The number of carbonyl (C=O) groups is 1. The zero-order chi connectivity index (χ0) is 20.1. The smallest absolute Gasteiger partial charge is 0.239 e. The molecule has 0 aliphatic carbocycles. The first-order valence-electron chi connectivity index (χ1n) is 9.69. The predicted molar refractivity (Wildman–Crippen MR) is 119 cm³/mol. The number of thioether (sulfide) groups is 1. The molecule has 1 amide bonds. The van der Waals surface area contributed by atoms with Gasteiger partial charge in [-0.15, -0.1) is 5.10 Å². The van der Waals surface area contributed by atoms with Gasteiger partial charge in [-0.1, -0.05) is 88.0 Å². The molecule has 1 fully saturated rings. The summed E-state index contributed by atoms with van der Waals surface area (Å²) in [5, 5.41) is 11.5. The highest BCUT2D eigenvalue weighted by Crippen LogP contribution is 2.24. The quantitative estimate of drug-likeness (QED) is 0.548. The van der Waals surface area contributed by atoms with Crippen LogP contribution in [0.1, 0.15) is 61.8 Å². The molecule has 4 nitrogen and oxygen atoms in total. The molecule has 0 saturated carbocycles. The number of nitrogens with one attached hydrogen (secondary N) is 1.